The summed E-state index contributed by atoms with van der Waals surface area (Å²) < 4.78 is 59.6. The van der Waals surface area contributed by atoms with E-state index in [0.717, 1.165) is 11.4 Å². The molecule has 0 bridgehead atoms. The molecule has 0 atom stereocenters. The molecule has 0 aliphatic heterocycles. The molecular formula is C11H11F3N2O3S. The van der Waals surface area contributed by atoms with E-state index in [1.165, 1.54) is 0 Å². The first-order valence-electron chi connectivity index (χ1n) is 5.19. The van der Waals surface area contributed by atoms with E-state index in [-0.39, 0.29) is 0 Å². The minimum atomic E-state index is -5.84. The van der Waals surface area contributed by atoms with Crippen LogP contribution in [0.2, 0.25) is 0 Å². The standard InChI is InChI=1S/C10H10N2.CHF3O3S/c1-12-8-7-11-10(12)9-5-3-2-4-6-9;2-1(3,4)8(5,6)7/h2-8H,1H3;(H,5,6,7). The van der Waals surface area contributed by atoms with Crippen LogP contribution in [0.1, 0.15) is 0 Å². The van der Waals surface area contributed by atoms with Crippen LogP contribution in [-0.4, -0.2) is 28.0 Å². The normalized spacial score (nSPS) is 11.7. The maximum atomic E-state index is 10.7. The highest BCUT2D eigenvalue weighted by molar-refractivity contribution is 7.86. The zero-order valence-electron chi connectivity index (χ0n) is 10.2. The average molecular weight is 308 g/mol. The zero-order chi connectivity index (χ0) is 15.4. The van der Waals surface area contributed by atoms with Crippen LogP contribution in [0.25, 0.3) is 11.4 Å². The van der Waals surface area contributed by atoms with Crippen LogP contribution in [0.4, 0.5) is 13.2 Å². The first-order chi connectivity index (χ1) is 9.13. The number of alkyl halides is 3. The Kier molecular flexibility index (Phi) is 4.90. The number of rotatable bonds is 1. The van der Waals surface area contributed by atoms with Crippen molar-refractivity contribution in [1.82, 2.24) is 9.55 Å². The molecule has 2 rings (SSSR count). The maximum Gasteiger partial charge on any atom is 0.522 e. The van der Waals surface area contributed by atoms with E-state index in [1.54, 1.807) is 0 Å². The molecule has 5 nitrogen and oxygen atoms in total. The summed E-state index contributed by atoms with van der Waals surface area (Å²) in [7, 11) is -3.84. The lowest BCUT2D eigenvalue weighted by Crippen LogP contribution is -2.21. The Morgan fingerprint density at radius 1 is 1.20 bits per heavy atom. The highest BCUT2D eigenvalue weighted by Gasteiger charge is 2.44. The van der Waals surface area contributed by atoms with Gasteiger partial charge in [0.15, 0.2) is 0 Å². The summed E-state index contributed by atoms with van der Waals surface area (Å²) in [5, 5.41) is 0. The molecule has 0 unspecified atom stereocenters. The van der Waals surface area contributed by atoms with Crippen molar-refractivity contribution >= 4 is 10.1 Å². The van der Waals surface area contributed by atoms with E-state index in [4.69, 9.17) is 13.0 Å². The third kappa shape index (κ3) is 4.35. The summed E-state index contributed by atoms with van der Waals surface area (Å²) in [6.45, 7) is 0. The molecule has 1 aromatic heterocycles. The summed E-state index contributed by atoms with van der Waals surface area (Å²) in [5.74, 6) is 1.01. The number of halogens is 3. The van der Waals surface area contributed by atoms with Gasteiger partial charge in [0.05, 0.1) is 0 Å². The van der Waals surface area contributed by atoms with Gasteiger partial charge in [-0.05, 0) is 0 Å². The van der Waals surface area contributed by atoms with Gasteiger partial charge in [0.2, 0.25) is 0 Å². The third-order valence-electron chi connectivity index (χ3n) is 2.15. The lowest BCUT2D eigenvalue weighted by molar-refractivity contribution is -0.0510. The molecule has 110 valence electrons. The van der Waals surface area contributed by atoms with Gasteiger partial charge in [-0.15, -0.1) is 0 Å². The Hall–Kier alpha value is -1.87. The van der Waals surface area contributed by atoms with Crippen LogP contribution in [0.3, 0.4) is 0 Å². The lowest BCUT2D eigenvalue weighted by atomic mass is 10.2. The van der Waals surface area contributed by atoms with Crippen molar-refractivity contribution in [2.75, 3.05) is 0 Å². The molecule has 0 saturated carbocycles. The van der Waals surface area contributed by atoms with Gasteiger partial charge in [0, 0.05) is 25.0 Å². The minimum absolute atomic E-state index is 1.01. The fourth-order valence-corrected chi connectivity index (χ4v) is 1.23. The average Bonchev–Trinajstić information content (AvgIpc) is 2.75. The summed E-state index contributed by atoms with van der Waals surface area (Å²) in [5.41, 5.74) is -4.38. The molecule has 9 heteroatoms. The van der Waals surface area contributed by atoms with Crippen molar-refractivity contribution in [3.63, 3.8) is 0 Å². The Morgan fingerprint density at radius 2 is 1.70 bits per heavy atom. The second-order valence-electron chi connectivity index (χ2n) is 3.65. The molecule has 1 N–H and O–H groups in total. The smallest absolute Gasteiger partial charge is 0.334 e. The van der Waals surface area contributed by atoms with Gasteiger partial charge in [-0.2, -0.15) is 21.6 Å². The van der Waals surface area contributed by atoms with E-state index < -0.39 is 15.6 Å². The van der Waals surface area contributed by atoms with Gasteiger partial charge >= 0.3 is 15.6 Å². The topological polar surface area (TPSA) is 72.2 Å². The Morgan fingerprint density at radius 3 is 2.05 bits per heavy atom. The number of benzene rings is 1. The molecule has 1 aromatic carbocycles. The molecular weight excluding hydrogens is 297 g/mol. The van der Waals surface area contributed by atoms with E-state index in [2.05, 4.69) is 17.1 Å². The van der Waals surface area contributed by atoms with Crippen LogP contribution in [-0.2, 0) is 17.2 Å². The largest absolute Gasteiger partial charge is 0.522 e. The van der Waals surface area contributed by atoms with Gasteiger partial charge in [-0.25, -0.2) is 4.98 Å². The number of aromatic nitrogens is 2. The number of nitrogens with zero attached hydrogens (tertiary/aromatic N) is 2. The monoisotopic (exact) mass is 308 g/mol. The zero-order valence-corrected chi connectivity index (χ0v) is 11.1. The van der Waals surface area contributed by atoms with E-state index in [9.17, 15) is 13.2 Å². The Balaban J connectivity index is 0.000000221. The molecule has 1 heterocycles. The summed E-state index contributed by atoms with van der Waals surface area (Å²) in [6, 6.07) is 10.2. The van der Waals surface area contributed by atoms with Crippen LogP contribution >= 0.6 is 0 Å². The molecule has 0 fully saturated rings. The molecule has 0 amide bonds. The Bertz CT molecular complexity index is 651. The Labute approximate surface area is 113 Å². The van der Waals surface area contributed by atoms with Gasteiger partial charge in [0.1, 0.15) is 5.82 Å². The lowest BCUT2D eigenvalue weighted by Gasteiger charge is -1.99. The molecule has 2 aromatic rings. The number of imidazole rings is 1. The fraction of sp³-hybridized carbons (Fsp3) is 0.182. The first kappa shape index (κ1) is 16.2. The summed E-state index contributed by atoms with van der Waals surface area (Å²) in [4.78, 5) is 4.25. The molecule has 0 aliphatic rings. The van der Waals surface area contributed by atoms with Crippen LogP contribution in [0.5, 0.6) is 0 Å². The molecule has 0 aliphatic carbocycles. The van der Waals surface area contributed by atoms with Crippen molar-refractivity contribution in [1.29, 1.82) is 0 Å². The second kappa shape index (κ2) is 6.06. The van der Waals surface area contributed by atoms with Crippen molar-refractivity contribution in [3.05, 3.63) is 42.7 Å². The summed E-state index contributed by atoms with van der Waals surface area (Å²) >= 11 is 0. The van der Waals surface area contributed by atoms with Crippen LogP contribution < -0.4 is 0 Å². The van der Waals surface area contributed by atoms with Gasteiger partial charge < -0.3 is 4.57 Å². The highest BCUT2D eigenvalue weighted by atomic mass is 32.2. The van der Waals surface area contributed by atoms with Crippen molar-refractivity contribution in [2.45, 2.75) is 5.51 Å². The third-order valence-corrected chi connectivity index (χ3v) is 2.73. The maximum absolute atomic E-state index is 10.7. The van der Waals surface area contributed by atoms with Crippen LogP contribution in [0.15, 0.2) is 42.7 Å². The van der Waals surface area contributed by atoms with Crippen molar-refractivity contribution < 1.29 is 26.1 Å². The summed E-state index contributed by atoms with van der Waals surface area (Å²) in [6.07, 6.45) is 3.75. The molecule has 0 radical (unpaired) electrons. The van der Waals surface area contributed by atoms with E-state index in [1.807, 2.05) is 42.2 Å². The van der Waals surface area contributed by atoms with E-state index >= 15 is 0 Å². The van der Waals surface area contributed by atoms with Gasteiger partial charge in [-0.3, -0.25) is 4.55 Å². The number of hydrogen-bond acceptors (Lipinski definition) is 3. The minimum Gasteiger partial charge on any atom is -0.334 e. The van der Waals surface area contributed by atoms with Crippen molar-refractivity contribution in [2.24, 2.45) is 7.05 Å². The second-order valence-corrected chi connectivity index (χ2v) is 5.06. The first-order valence-corrected chi connectivity index (χ1v) is 6.63. The van der Waals surface area contributed by atoms with Gasteiger partial charge in [-0.1, -0.05) is 30.3 Å². The van der Waals surface area contributed by atoms with E-state index in [0.29, 0.717) is 0 Å². The van der Waals surface area contributed by atoms with Crippen LogP contribution in [0, 0.1) is 0 Å². The number of hydrogen-bond donors (Lipinski definition) is 1. The fourth-order valence-electron chi connectivity index (χ4n) is 1.23. The predicted molar refractivity (Wildman–Crippen MR) is 66.2 cm³/mol. The number of aryl methyl sites for hydroxylation is 1. The molecule has 0 saturated heterocycles. The van der Waals surface area contributed by atoms with Gasteiger partial charge in [0.25, 0.3) is 0 Å². The predicted octanol–water partition coefficient (Wildman–Crippen LogP) is 2.48. The highest BCUT2D eigenvalue weighted by Crippen LogP contribution is 2.20. The SMILES string of the molecule is Cn1ccnc1-c1ccccc1.O=S(=O)(O)C(F)(F)F. The quantitative estimate of drug-likeness (QED) is 0.649. The molecule has 0 spiro atoms. The molecule has 20 heavy (non-hydrogen) atoms. The van der Waals surface area contributed by atoms with Crippen molar-refractivity contribution in [3.8, 4) is 11.4 Å².